The Labute approximate surface area is 94.7 Å². The standard InChI is InChI=1S/C13H14N2O/c1-3-15-13(11-7-5-4-6-8-11)12(9-14-15)10(2)16/h4-9H,3H2,1-2H3. The lowest BCUT2D eigenvalue weighted by molar-refractivity contribution is 0.101. The first-order chi connectivity index (χ1) is 7.74. The van der Waals surface area contributed by atoms with Crippen LogP contribution in [0.5, 0.6) is 0 Å². The van der Waals surface area contributed by atoms with Gasteiger partial charge in [0.05, 0.1) is 17.5 Å². The molecule has 16 heavy (non-hydrogen) atoms. The summed E-state index contributed by atoms with van der Waals surface area (Å²) in [7, 11) is 0. The number of carbonyl (C=O) groups is 1. The van der Waals surface area contributed by atoms with Crippen molar-refractivity contribution in [3.63, 3.8) is 0 Å². The number of carbonyl (C=O) groups excluding carboxylic acids is 1. The van der Waals surface area contributed by atoms with Gasteiger partial charge in [0.15, 0.2) is 5.78 Å². The molecule has 0 saturated carbocycles. The molecule has 1 heterocycles. The average Bonchev–Trinajstić information content (AvgIpc) is 2.73. The number of nitrogens with zero attached hydrogens (tertiary/aromatic N) is 2. The molecule has 0 radical (unpaired) electrons. The molecule has 2 aromatic rings. The van der Waals surface area contributed by atoms with E-state index in [2.05, 4.69) is 5.10 Å². The van der Waals surface area contributed by atoms with Crippen molar-refractivity contribution in [2.24, 2.45) is 0 Å². The summed E-state index contributed by atoms with van der Waals surface area (Å²) >= 11 is 0. The van der Waals surface area contributed by atoms with Crippen molar-refractivity contribution < 1.29 is 4.79 Å². The SMILES string of the molecule is CCn1ncc(C(C)=O)c1-c1ccccc1. The molecule has 3 nitrogen and oxygen atoms in total. The van der Waals surface area contributed by atoms with Gasteiger partial charge < -0.3 is 0 Å². The Morgan fingerprint density at radius 1 is 1.31 bits per heavy atom. The van der Waals surface area contributed by atoms with Gasteiger partial charge in [-0.05, 0) is 13.8 Å². The second-order valence-corrected chi connectivity index (χ2v) is 3.64. The van der Waals surface area contributed by atoms with Gasteiger partial charge in [0.25, 0.3) is 0 Å². The third-order valence-corrected chi connectivity index (χ3v) is 2.57. The van der Waals surface area contributed by atoms with Crippen LogP contribution in [0, 0.1) is 0 Å². The molecule has 0 amide bonds. The van der Waals surface area contributed by atoms with Crippen LogP contribution in [0.15, 0.2) is 36.5 Å². The molecule has 0 fully saturated rings. The minimum absolute atomic E-state index is 0.0542. The van der Waals surface area contributed by atoms with E-state index in [1.165, 1.54) is 0 Å². The van der Waals surface area contributed by atoms with E-state index >= 15 is 0 Å². The molecule has 3 heteroatoms. The van der Waals surface area contributed by atoms with E-state index in [-0.39, 0.29) is 5.78 Å². The lowest BCUT2D eigenvalue weighted by Gasteiger charge is -2.06. The molecule has 0 unspecified atom stereocenters. The summed E-state index contributed by atoms with van der Waals surface area (Å²) in [4.78, 5) is 11.5. The number of benzene rings is 1. The molecular weight excluding hydrogens is 200 g/mol. The molecule has 1 aromatic carbocycles. The zero-order valence-corrected chi connectivity index (χ0v) is 9.47. The highest BCUT2D eigenvalue weighted by molar-refractivity contribution is 5.99. The zero-order valence-electron chi connectivity index (χ0n) is 9.47. The molecule has 0 atom stereocenters. The Bertz CT molecular complexity index is 500. The number of hydrogen-bond donors (Lipinski definition) is 0. The van der Waals surface area contributed by atoms with Crippen LogP contribution in [0.1, 0.15) is 24.2 Å². The van der Waals surface area contributed by atoms with Gasteiger partial charge in [-0.1, -0.05) is 30.3 Å². The highest BCUT2D eigenvalue weighted by Crippen LogP contribution is 2.23. The van der Waals surface area contributed by atoms with Gasteiger partial charge in [0.2, 0.25) is 0 Å². The fraction of sp³-hybridized carbons (Fsp3) is 0.231. The van der Waals surface area contributed by atoms with Crippen LogP contribution in [-0.4, -0.2) is 15.6 Å². The van der Waals surface area contributed by atoms with Crippen molar-refractivity contribution in [1.29, 1.82) is 0 Å². The van der Waals surface area contributed by atoms with E-state index in [0.717, 1.165) is 17.8 Å². The lowest BCUT2D eigenvalue weighted by atomic mass is 10.1. The second kappa shape index (κ2) is 4.31. The Morgan fingerprint density at radius 3 is 2.56 bits per heavy atom. The highest BCUT2D eigenvalue weighted by atomic mass is 16.1. The summed E-state index contributed by atoms with van der Waals surface area (Å²) < 4.78 is 1.85. The van der Waals surface area contributed by atoms with Crippen molar-refractivity contribution >= 4 is 5.78 Å². The topological polar surface area (TPSA) is 34.9 Å². The predicted octanol–water partition coefficient (Wildman–Crippen LogP) is 2.77. The molecule has 0 aliphatic heterocycles. The number of Topliss-reactive ketones (excluding diaryl/α,β-unsaturated/α-hetero) is 1. The van der Waals surface area contributed by atoms with Crippen LogP contribution in [-0.2, 0) is 6.54 Å². The van der Waals surface area contributed by atoms with E-state index < -0.39 is 0 Å². The quantitative estimate of drug-likeness (QED) is 0.736. The van der Waals surface area contributed by atoms with Gasteiger partial charge in [0.1, 0.15) is 0 Å². The monoisotopic (exact) mass is 214 g/mol. The average molecular weight is 214 g/mol. The first-order valence-corrected chi connectivity index (χ1v) is 5.36. The predicted molar refractivity (Wildman–Crippen MR) is 63.3 cm³/mol. The largest absolute Gasteiger partial charge is 0.294 e. The van der Waals surface area contributed by atoms with Gasteiger partial charge in [-0.3, -0.25) is 9.48 Å². The van der Waals surface area contributed by atoms with Crippen molar-refractivity contribution in [2.45, 2.75) is 20.4 Å². The summed E-state index contributed by atoms with van der Waals surface area (Å²) in [5, 5.41) is 4.23. The van der Waals surface area contributed by atoms with Gasteiger partial charge in [-0.25, -0.2) is 0 Å². The summed E-state index contributed by atoms with van der Waals surface area (Å²) in [6.45, 7) is 4.35. The lowest BCUT2D eigenvalue weighted by Crippen LogP contribution is -2.01. The maximum Gasteiger partial charge on any atom is 0.163 e. The van der Waals surface area contributed by atoms with Crippen LogP contribution in [0.3, 0.4) is 0 Å². The van der Waals surface area contributed by atoms with E-state index in [1.54, 1.807) is 13.1 Å². The van der Waals surface area contributed by atoms with Gasteiger partial charge >= 0.3 is 0 Å². The van der Waals surface area contributed by atoms with Crippen molar-refractivity contribution in [2.75, 3.05) is 0 Å². The minimum Gasteiger partial charge on any atom is -0.294 e. The Hall–Kier alpha value is -1.90. The summed E-state index contributed by atoms with van der Waals surface area (Å²) in [6, 6.07) is 9.88. The normalized spacial score (nSPS) is 10.4. The van der Waals surface area contributed by atoms with Crippen LogP contribution in [0.2, 0.25) is 0 Å². The van der Waals surface area contributed by atoms with E-state index in [4.69, 9.17) is 0 Å². The Morgan fingerprint density at radius 2 is 2.00 bits per heavy atom. The molecule has 2 rings (SSSR count). The fourth-order valence-corrected chi connectivity index (χ4v) is 1.78. The summed E-state index contributed by atoms with van der Waals surface area (Å²) in [5.41, 5.74) is 2.63. The molecule has 0 spiro atoms. The van der Waals surface area contributed by atoms with E-state index in [1.807, 2.05) is 41.9 Å². The van der Waals surface area contributed by atoms with Crippen molar-refractivity contribution in [1.82, 2.24) is 9.78 Å². The molecule has 0 N–H and O–H groups in total. The van der Waals surface area contributed by atoms with Crippen molar-refractivity contribution in [3.8, 4) is 11.3 Å². The number of rotatable bonds is 3. The maximum atomic E-state index is 11.5. The number of hydrogen-bond acceptors (Lipinski definition) is 2. The van der Waals surface area contributed by atoms with Gasteiger partial charge in [0, 0.05) is 12.1 Å². The molecule has 82 valence electrons. The smallest absolute Gasteiger partial charge is 0.163 e. The number of aryl methyl sites for hydroxylation is 1. The zero-order chi connectivity index (χ0) is 11.5. The number of aromatic nitrogens is 2. The van der Waals surface area contributed by atoms with Crippen LogP contribution < -0.4 is 0 Å². The van der Waals surface area contributed by atoms with E-state index in [9.17, 15) is 4.79 Å². The first-order valence-electron chi connectivity index (χ1n) is 5.36. The van der Waals surface area contributed by atoms with Crippen LogP contribution >= 0.6 is 0 Å². The van der Waals surface area contributed by atoms with Crippen LogP contribution in [0.4, 0.5) is 0 Å². The van der Waals surface area contributed by atoms with Gasteiger partial charge in [-0.2, -0.15) is 5.10 Å². The van der Waals surface area contributed by atoms with E-state index in [0.29, 0.717) is 5.56 Å². The summed E-state index contributed by atoms with van der Waals surface area (Å²) in [5.74, 6) is 0.0542. The fourth-order valence-electron chi connectivity index (χ4n) is 1.78. The molecule has 0 aliphatic rings. The maximum absolute atomic E-state index is 11.5. The van der Waals surface area contributed by atoms with Crippen LogP contribution in [0.25, 0.3) is 11.3 Å². The van der Waals surface area contributed by atoms with Gasteiger partial charge in [-0.15, -0.1) is 0 Å². The third-order valence-electron chi connectivity index (χ3n) is 2.57. The molecule has 1 aromatic heterocycles. The number of ketones is 1. The molecule has 0 saturated heterocycles. The second-order valence-electron chi connectivity index (χ2n) is 3.64. The Kier molecular flexibility index (Phi) is 2.86. The minimum atomic E-state index is 0.0542. The molecule has 0 aliphatic carbocycles. The Balaban J connectivity index is 2.62. The third kappa shape index (κ3) is 1.76. The molecule has 0 bridgehead atoms. The molecular formula is C13H14N2O. The summed E-state index contributed by atoms with van der Waals surface area (Å²) in [6.07, 6.45) is 1.65. The highest BCUT2D eigenvalue weighted by Gasteiger charge is 2.14. The van der Waals surface area contributed by atoms with Crippen molar-refractivity contribution in [3.05, 3.63) is 42.1 Å². The first kappa shape index (κ1) is 10.6.